The van der Waals surface area contributed by atoms with E-state index in [2.05, 4.69) is 0 Å². The maximum Gasteiger partial charge on any atom is 0.311 e. The maximum absolute atomic E-state index is 11.8. The molecular formula is C11H19NO5S. The molecule has 104 valence electrons. The SMILES string of the molecule is CC(C)S(=O)(=O)CC(=O)N1CCC(C)(C(=O)O)C1. The van der Waals surface area contributed by atoms with Crippen LogP contribution in [0, 0.1) is 5.41 Å². The van der Waals surface area contributed by atoms with E-state index < -0.39 is 38.1 Å². The zero-order valence-corrected chi connectivity index (χ0v) is 11.7. The van der Waals surface area contributed by atoms with Crippen molar-refractivity contribution in [2.45, 2.75) is 32.4 Å². The van der Waals surface area contributed by atoms with Gasteiger partial charge in [-0.15, -0.1) is 0 Å². The number of hydrogen-bond acceptors (Lipinski definition) is 4. The van der Waals surface area contributed by atoms with Crippen LogP contribution in [-0.2, 0) is 19.4 Å². The number of carboxylic acid groups (broad SMARTS) is 1. The van der Waals surface area contributed by atoms with Crippen molar-refractivity contribution in [3.8, 4) is 0 Å². The summed E-state index contributed by atoms with van der Waals surface area (Å²) >= 11 is 0. The Morgan fingerprint density at radius 3 is 2.33 bits per heavy atom. The van der Waals surface area contributed by atoms with Crippen LogP contribution >= 0.6 is 0 Å². The average molecular weight is 277 g/mol. The van der Waals surface area contributed by atoms with E-state index in [0.29, 0.717) is 13.0 Å². The van der Waals surface area contributed by atoms with Gasteiger partial charge in [0.25, 0.3) is 0 Å². The van der Waals surface area contributed by atoms with Crippen molar-refractivity contribution in [2.24, 2.45) is 5.41 Å². The Bertz CT molecular complexity index is 456. The molecular weight excluding hydrogens is 258 g/mol. The highest BCUT2D eigenvalue weighted by Gasteiger charge is 2.42. The molecule has 0 spiro atoms. The zero-order valence-electron chi connectivity index (χ0n) is 10.8. The van der Waals surface area contributed by atoms with E-state index in [4.69, 9.17) is 5.11 Å². The third-order valence-electron chi connectivity index (χ3n) is 3.39. The van der Waals surface area contributed by atoms with Crippen LogP contribution in [0.1, 0.15) is 27.2 Å². The molecule has 1 heterocycles. The fourth-order valence-corrected chi connectivity index (χ4v) is 2.64. The summed E-state index contributed by atoms with van der Waals surface area (Å²) in [7, 11) is -3.43. The van der Waals surface area contributed by atoms with Crippen molar-refractivity contribution >= 4 is 21.7 Å². The molecule has 1 saturated heterocycles. The second-order valence-electron chi connectivity index (χ2n) is 5.29. The second kappa shape index (κ2) is 4.87. The molecule has 0 aromatic carbocycles. The monoisotopic (exact) mass is 277 g/mol. The lowest BCUT2D eigenvalue weighted by molar-refractivity contribution is -0.147. The highest BCUT2D eigenvalue weighted by atomic mass is 32.2. The molecule has 1 aliphatic rings. The van der Waals surface area contributed by atoms with Crippen molar-refractivity contribution in [3.05, 3.63) is 0 Å². The number of amides is 1. The van der Waals surface area contributed by atoms with Gasteiger partial charge in [-0.3, -0.25) is 9.59 Å². The summed E-state index contributed by atoms with van der Waals surface area (Å²) in [6.07, 6.45) is 0.357. The van der Waals surface area contributed by atoms with Gasteiger partial charge in [-0.05, 0) is 27.2 Å². The number of aliphatic carboxylic acids is 1. The van der Waals surface area contributed by atoms with Crippen molar-refractivity contribution in [2.75, 3.05) is 18.8 Å². The summed E-state index contributed by atoms with van der Waals surface area (Å²) in [4.78, 5) is 24.2. The molecule has 1 rings (SSSR count). The molecule has 1 amide bonds. The van der Waals surface area contributed by atoms with Gasteiger partial charge in [0, 0.05) is 13.1 Å². The molecule has 1 aliphatic heterocycles. The van der Waals surface area contributed by atoms with Crippen LogP contribution < -0.4 is 0 Å². The predicted octanol–water partition coefficient (Wildman–Crippen LogP) is 0.133. The zero-order chi connectivity index (χ0) is 14.1. The third kappa shape index (κ3) is 3.01. The first-order chi connectivity index (χ1) is 8.08. The van der Waals surface area contributed by atoms with Crippen LogP contribution in [0.5, 0.6) is 0 Å². The van der Waals surface area contributed by atoms with E-state index in [-0.39, 0.29) is 6.54 Å². The van der Waals surface area contributed by atoms with E-state index in [1.54, 1.807) is 6.92 Å². The maximum atomic E-state index is 11.8. The van der Waals surface area contributed by atoms with Crippen LogP contribution in [-0.4, -0.2) is 54.4 Å². The van der Waals surface area contributed by atoms with Gasteiger partial charge in [0.05, 0.1) is 10.7 Å². The van der Waals surface area contributed by atoms with Crippen LogP contribution in [0.4, 0.5) is 0 Å². The number of carbonyl (C=O) groups excluding carboxylic acids is 1. The summed E-state index contributed by atoms with van der Waals surface area (Å²) in [6.45, 7) is 4.99. The highest BCUT2D eigenvalue weighted by molar-refractivity contribution is 7.92. The quantitative estimate of drug-likeness (QED) is 0.788. The van der Waals surface area contributed by atoms with Gasteiger partial charge in [0.1, 0.15) is 5.75 Å². The first-order valence-corrected chi connectivity index (χ1v) is 7.53. The normalized spacial score (nSPS) is 24.6. The van der Waals surface area contributed by atoms with Gasteiger partial charge < -0.3 is 10.0 Å². The number of rotatable bonds is 4. The summed E-state index contributed by atoms with van der Waals surface area (Å²) in [5.41, 5.74) is -0.961. The minimum absolute atomic E-state index is 0.0782. The summed E-state index contributed by atoms with van der Waals surface area (Å²) in [6, 6.07) is 0. The molecule has 0 bridgehead atoms. The molecule has 1 unspecified atom stereocenters. The van der Waals surface area contributed by atoms with Gasteiger partial charge in [-0.25, -0.2) is 8.42 Å². The second-order valence-corrected chi connectivity index (χ2v) is 7.84. The van der Waals surface area contributed by atoms with Crippen LogP contribution in [0.3, 0.4) is 0 Å². The van der Waals surface area contributed by atoms with Crippen LogP contribution in [0.25, 0.3) is 0 Å². The smallest absolute Gasteiger partial charge is 0.311 e. The summed E-state index contributed by atoms with van der Waals surface area (Å²) in [5, 5.41) is 8.43. The molecule has 0 aromatic heterocycles. The number of carboxylic acids is 1. The Morgan fingerprint density at radius 2 is 1.94 bits per heavy atom. The van der Waals surface area contributed by atoms with Crippen molar-refractivity contribution < 1.29 is 23.1 Å². The van der Waals surface area contributed by atoms with Gasteiger partial charge in [0.2, 0.25) is 5.91 Å². The van der Waals surface area contributed by atoms with E-state index in [1.807, 2.05) is 0 Å². The molecule has 0 aromatic rings. The minimum Gasteiger partial charge on any atom is -0.481 e. The number of carbonyl (C=O) groups is 2. The molecule has 7 heteroatoms. The topological polar surface area (TPSA) is 91.8 Å². The largest absolute Gasteiger partial charge is 0.481 e. The first-order valence-electron chi connectivity index (χ1n) is 5.81. The number of hydrogen-bond donors (Lipinski definition) is 1. The van der Waals surface area contributed by atoms with E-state index in [9.17, 15) is 18.0 Å². The Kier molecular flexibility index (Phi) is 4.05. The molecule has 0 saturated carbocycles. The molecule has 18 heavy (non-hydrogen) atoms. The average Bonchev–Trinajstić information content (AvgIpc) is 2.61. The van der Waals surface area contributed by atoms with Crippen LogP contribution in [0.2, 0.25) is 0 Å². The Morgan fingerprint density at radius 1 is 1.39 bits per heavy atom. The van der Waals surface area contributed by atoms with Gasteiger partial charge >= 0.3 is 5.97 Å². The van der Waals surface area contributed by atoms with Crippen molar-refractivity contribution in [1.82, 2.24) is 4.90 Å². The lowest BCUT2D eigenvalue weighted by atomic mass is 9.90. The first kappa shape index (κ1) is 14.9. The third-order valence-corrected chi connectivity index (χ3v) is 5.47. The summed E-state index contributed by atoms with van der Waals surface area (Å²) in [5.74, 6) is -2.00. The number of likely N-dealkylation sites (tertiary alicyclic amines) is 1. The van der Waals surface area contributed by atoms with Gasteiger partial charge in [-0.2, -0.15) is 0 Å². The Labute approximate surface area is 107 Å². The predicted molar refractivity (Wildman–Crippen MR) is 65.9 cm³/mol. The molecule has 1 atom stereocenters. The van der Waals surface area contributed by atoms with E-state index in [0.717, 1.165) is 0 Å². The highest BCUT2D eigenvalue weighted by Crippen LogP contribution is 2.30. The van der Waals surface area contributed by atoms with E-state index in [1.165, 1.54) is 18.7 Å². The molecule has 1 fully saturated rings. The molecule has 0 aliphatic carbocycles. The fourth-order valence-electron chi connectivity index (χ4n) is 1.78. The fraction of sp³-hybridized carbons (Fsp3) is 0.818. The van der Waals surface area contributed by atoms with Crippen LogP contribution in [0.15, 0.2) is 0 Å². The summed E-state index contributed by atoms with van der Waals surface area (Å²) < 4.78 is 23.3. The Hall–Kier alpha value is -1.11. The van der Waals surface area contributed by atoms with Crippen molar-refractivity contribution in [3.63, 3.8) is 0 Å². The Balaban J connectivity index is 2.70. The molecule has 6 nitrogen and oxygen atoms in total. The van der Waals surface area contributed by atoms with Gasteiger partial charge in [0.15, 0.2) is 9.84 Å². The lowest BCUT2D eigenvalue weighted by Gasteiger charge is -2.20. The minimum atomic E-state index is -3.43. The molecule has 1 N–H and O–H groups in total. The molecule has 0 radical (unpaired) electrons. The number of sulfone groups is 1. The lowest BCUT2D eigenvalue weighted by Crippen LogP contribution is -2.38. The van der Waals surface area contributed by atoms with Gasteiger partial charge in [-0.1, -0.05) is 0 Å². The number of nitrogens with zero attached hydrogens (tertiary/aromatic N) is 1. The van der Waals surface area contributed by atoms with E-state index >= 15 is 0 Å². The standard InChI is InChI=1S/C11H19NO5S/c1-8(2)18(16,17)6-9(13)12-5-4-11(3,7-12)10(14)15/h8H,4-7H2,1-3H3,(H,14,15). The van der Waals surface area contributed by atoms with Crippen molar-refractivity contribution in [1.29, 1.82) is 0 Å².